The first-order valence-corrected chi connectivity index (χ1v) is 6.85. The van der Waals surface area contributed by atoms with Crippen molar-refractivity contribution < 1.29 is 4.39 Å². The van der Waals surface area contributed by atoms with E-state index in [9.17, 15) is 4.39 Å². The number of rotatable bonds is 3. The highest BCUT2D eigenvalue weighted by Crippen LogP contribution is 2.34. The quantitative estimate of drug-likeness (QED) is 0.638. The molecule has 1 fully saturated rings. The molecule has 2 nitrogen and oxygen atoms in total. The minimum atomic E-state index is -0.256. The van der Waals surface area contributed by atoms with Crippen molar-refractivity contribution in [2.75, 3.05) is 0 Å². The molecule has 0 radical (unpaired) electrons. The summed E-state index contributed by atoms with van der Waals surface area (Å²) in [6, 6.07) is 4.81. The van der Waals surface area contributed by atoms with E-state index in [0.29, 0.717) is 15.7 Å². The average molecular weight is 252 g/mol. The van der Waals surface area contributed by atoms with E-state index in [0.717, 1.165) is 0 Å². The van der Waals surface area contributed by atoms with Gasteiger partial charge in [0.25, 0.3) is 0 Å². The molecule has 1 aliphatic carbocycles. The number of hydrogen-bond acceptors (Lipinski definition) is 2. The molecule has 1 saturated carbocycles. The van der Waals surface area contributed by atoms with Crippen LogP contribution < -0.4 is 5.73 Å². The average Bonchev–Trinajstić information content (AvgIpc) is 2.33. The molecule has 17 heavy (non-hydrogen) atoms. The highest BCUT2D eigenvalue weighted by atomic mass is 32.2. The molecule has 0 atom stereocenters. The van der Waals surface area contributed by atoms with Crippen LogP contribution in [0.1, 0.15) is 37.7 Å². The maximum Gasteiger partial charge on any atom is 0.137 e. The Morgan fingerprint density at radius 2 is 2.00 bits per heavy atom. The topological polar surface area (TPSA) is 49.9 Å². The lowest BCUT2D eigenvalue weighted by Gasteiger charge is -2.21. The number of benzene rings is 1. The Balaban J connectivity index is 2.08. The van der Waals surface area contributed by atoms with Crippen LogP contribution in [0.3, 0.4) is 0 Å². The molecular weight excluding hydrogens is 235 g/mol. The molecular formula is C13H17FN2S. The second-order valence-electron chi connectivity index (χ2n) is 4.44. The van der Waals surface area contributed by atoms with Crippen LogP contribution in [-0.2, 0) is 0 Å². The van der Waals surface area contributed by atoms with Gasteiger partial charge in [0.15, 0.2) is 0 Å². The van der Waals surface area contributed by atoms with E-state index in [4.69, 9.17) is 11.1 Å². The van der Waals surface area contributed by atoms with Crippen LogP contribution in [0.4, 0.5) is 4.39 Å². The Morgan fingerprint density at radius 1 is 1.29 bits per heavy atom. The number of nitrogens with one attached hydrogen (secondary N) is 1. The van der Waals surface area contributed by atoms with Crippen molar-refractivity contribution in [3.05, 3.63) is 29.6 Å². The smallest absolute Gasteiger partial charge is 0.137 e. The monoisotopic (exact) mass is 252 g/mol. The molecule has 3 N–H and O–H groups in total. The summed E-state index contributed by atoms with van der Waals surface area (Å²) in [5.41, 5.74) is 5.78. The Kier molecular flexibility index (Phi) is 4.05. The lowest BCUT2D eigenvalue weighted by molar-refractivity contribution is 0.515. The van der Waals surface area contributed by atoms with Gasteiger partial charge in [-0.05, 0) is 31.0 Å². The molecule has 1 aromatic carbocycles. The van der Waals surface area contributed by atoms with Crippen molar-refractivity contribution >= 4 is 17.6 Å². The summed E-state index contributed by atoms with van der Waals surface area (Å²) in [6.07, 6.45) is 6.18. The number of halogens is 1. The summed E-state index contributed by atoms with van der Waals surface area (Å²) in [6.45, 7) is 0. The second-order valence-corrected chi connectivity index (χ2v) is 5.78. The summed E-state index contributed by atoms with van der Waals surface area (Å²) >= 11 is 1.63. The molecule has 0 bridgehead atoms. The molecule has 1 aliphatic rings. The van der Waals surface area contributed by atoms with E-state index in [-0.39, 0.29) is 11.7 Å². The standard InChI is InChI=1S/C13H17FN2S/c14-11-8-9(13(15)16)6-7-12(11)17-10-4-2-1-3-5-10/h6-8,10H,1-5H2,(H3,15,16). The molecule has 0 spiro atoms. The summed E-state index contributed by atoms with van der Waals surface area (Å²) in [5.74, 6) is -0.341. The van der Waals surface area contributed by atoms with Gasteiger partial charge >= 0.3 is 0 Å². The molecule has 92 valence electrons. The lowest BCUT2D eigenvalue weighted by Crippen LogP contribution is -2.12. The molecule has 4 heteroatoms. The van der Waals surface area contributed by atoms with E-state index in [1.807, 2.05) is 0 Å². The molecule has 2 rings (SSSR count). The SMILES string of the molecule is N=C(N)c1ccc(SC2CCCCC2)c(F)c1. The summed E-state index contributed by atoms with van der Waals surface area (Å²) in [7, 11) is 0. The molecule has 0 unspecified atom stereocenters. The van der Waals surface area contributed by atoms with E-state index in [1.165, 1.54) is 38.2 Å². The summed E-state index contributed by atoms with van der Waals surface area (Å²) in [5, 5.41) is 7.80. The Labute approximate surface area is 105 Å². The minimum absolute atomic E-state index is 0.0851. The van der Waals surface area contributed by atoms with Crippen LogP contribution in [0, 0.1) is 11.2 Å². The highest BCUT2D eigenvalue weighted by molar-refractivity contribution is 8.00. The van der Waals surface area contributed by atoms with E-state index in [1.54, 1.807) is 23.9 Å². The first-order chi connectivity index (χ1) is 8.16. The van der Waals surface area contributed by atoms with Crippen LogP contribution in [0.25, 0.3) is 0 Å². The van der Waals surface area contributed by atoms with Gasteiger partial charge < -0.3 is 5.73 Å². The van der Waals surface area contributed by atoms with Gasteiger partial charge in [0, 0.05) is 15.7 Å². The largest absolute Gasteiger partial charge is 0.384 e. The predicted molar refractivity (Wildman–Crippen MR) is 70.1 cm³/mol. The number of nitrogens with two attached hydrogens (primary N) is 1. The summed E-state index contributed by atoms with van der Waals surface area (Å²) in [4.78, 5) is 0.682. The molecule has 0 heterocycles. The van der Waals surface area contributed by atoms with Gasteiger partial charge in [-0.1, -0.05) is 19.3 Å². The molecule has 1 aromatic rings. The first-order valence-electron chi connectivity index (χ1n) is 5.97. The molecule has 0 saturated heterocycles. The van der Waals surface area contributed by atoms with Crippen LogP contribution in [-0.4, -0.2) is 11.1 Å². The maximum atomic E-state index is 13.8. The van der Waals surface area contributed by atoms with Crippen molar-refractivity contribution in [2.45, 2.75) is 42.2 Å². The van der Waals surface area contributed by atoms with Gasteiger partial charge in [0.2, 0.25) is 0 Å². The van der Waals surface area contributed by atoms with Gasteiger partial charge in [-0.25, -0.2) is 4.39 Å². The van der Waals surface area contributed by atoms with Crippen molar-refractivity contribution in [1.29, 1.82) is 5.41 Å². The highest BCUT2D eigenvalue weighted by Gasteiger charge is 2.16. The lowest BCUT2D eigenvalue weighted by atomic mass is 10.0. The normalized spacial score (nSPS) is 17.0. The third kappa shape index (κ3) is 3.22. The first kappa shape index (κ1) is 12.4. The van der Waals surface area contributed by atoms with Gasteiger partial charge in [-0.3, -0.25) is 5.41 Å². The van der Waals surface area contributed by atoms with Crippen LogP contribution in [0.5, 0.6) is 0 Å². The van der Waals surface area contributed by atoms with Crippen molar-refractivity contribution in [2.24, 2.45) is 5.73 Å². The van der Waals surface area contributed by atoms with Gasteiger partial charge in [0.1, 0.15) is 11.7 Å². The third-order valence-electron chi connectivity index (χ3n) is 3.09. The van der Waals surface area contributed by atoms with Gasteiger partial charge in [-0.2, -0.15) is 0 Å². The number of nitrogen functional groups attached to an aromatic ring is 1. The maximum absolute atomic E-state index is 13.8. The van der Waals surface area contributed by atoms with Crippen molar-refractivity contribution in [3.63, 3.8) is 0 Å². The van der Waals surface area contributed by atoms with Crippen molar-refractivity contribution in [3.8, 4) is 0 Å². The molecule has 0 aromatic heterocycles. The zero-order chi connectivity index (χ0) is 12.3. The fraction of sp³-hybridized carbons (Fsp3) is 0.462. The zero-order valence-electron chi connectivity index (χ0n) is 9.71. The molecule has 0 amide bonds. The second kappa shape index (κ2) is 5.54. The number of thioether (sulfide) groups is 1. The van der Waals surface area contributed by atoms with E-state index in [2.05, 4.69) is 0 Å². The van der Waals surface area contributed by atoms with E-state index < -0.39 is 0 Å². The minimum Gasteiger partial charge on any atom is -0.384 e. The number of hydrogen-bond donors (Lipinski definition) is 2. The number of amidine groups is 1. The fourth-order valence-electron chi connectivity index (χ4n) is 2.13. The third-order valence-corrected chi connectivity index (χ3v) is 4.48. The van der Waals surface area contributed by atoms with Gasteiger partial charge in [-0.15, -0.1) is 11.8 Å². The fourth-order valence-corrected chi connectivity index (χ4v) is 3.37. The van der Waals surface area contributed by atoms with Crippen LogP contribution >= 0.6 is 11.8 Å². The van der Waals surface area contributed by atoms with Gasteiger partial charge in [0.05, 0.1) is 0 Å². The summed E-state index contributed by atoms with van der Waals surface area (Å²) < 4.78 is 13.8. The van der Waals surface area contributed by atoms with E-state index >= 15 is 0 Å². The van der Waals surface area contributed by atoms with Crippen molar-refractivity contribution in [1.82, 2.24) is 0 Å². The Morgan fingerprint density at radius 3 is 2.59 bits per heavy atom. The molecule has 0 aliphatic heterocycles. The zero-order valence-corrected chi connectivity index (χ0v) is 10.5. The Bertz CT molecular complexity index is 414. The van der Waals surface area contributed by atoms with Crippen LogP contribution in [0.15, 0.2) is 23.1 Å². The predicted octanol–water partition coefficient (Wildman–Crippen LogP) is 3.53. The Hall–Kier alpha value is -1.03. The van der Waals surface area contributed by atoms with Crippen LogP contribution in [0.2, 0.25) is 0 Å².